The molecule has 1 aliphatic carbocycles. The summed E-state index contributed by atoms with van der Waals surface area (Å²) in [5.74, 6) is 1.68. The van der Waals surface area contributed by atoms with Crippen LogP contribution in [0, 0.1) is 17.2 Å². The van der Waals surface area contributed by atoms with Gasteiger partial charge in [-0.05, 0) is 61.6 Å². The maximum atomic E-state index is 8.93. The molecule has 0 spiro atoms. The van der Waals surface area contributed by atoms with Crippen LogP contribution < -0.4 is 16.0 Å². The summed E-state index contributed by atoms with van der Waals surface area (Å²) in [6.45, 7) is 1.87. The number of aromatic nitrogens is 1. The first kappa shape index (κ1) is 17.8. The molecule has 140 valence electrons. The van der Waals surface area contributed by atoms with Crippen LogP contribution in [0.25, 0.3) is 0 Å². The first-order valence-corrected chi connectivity index (χ1v) is 10.0. The summed E-state index contributed by atoms with van der Waals surface area (Å²) >= 11 is 0. The van der Waals surface area contributed by atoms with E-state index in [1.165, 1.54) is 31.2 Å². The number of hydrogen-bond acceptors (Lipinski definition) is 5. The molecule has 1 aliphatic heterocycles. The lowest BCUT2D eigenvalue weighted by Crippen LogP contribution is -2.53. The first-order valence-electron chi connectivity index (χ1n) is 10.0. The van der Waals surface area contributed by atoms with E-state index in [0.717, 1.165) is 42.5 Å². The molecule has 0 saturated heterocycles. The minimum absolute atomic E-state index is 0.344. The largest absolute Gasteiger partial charge is 0.380 e. The van der Waals surface area contributed by atoms with E-state index in [1.807, 2.05) is 24.4 Å². The summed E-state index contributed by atoms with van der Waals surface area (Å²) in [6.07, 6.45) is 8.12. The van der Waals surface area contributed by atoms with E-state index in [0.29, 0.717) is 12.1 Å². The quantitative estimate of drug-likeness (QED) is 0.734. The monoisotopic (exact) mass is 361 g/mol. The Morgan fingerprint density at radius 3 is 2.78 bits per heavy atom. The third-order valence-electron chi connectivity index (χ3n) is 5.86. The lowest BCUT2D eigenvalue weighted by Gasteiger charge is -2.37. The van der Waals surface area contributed by atoms with Gasteiger partial charge in [-0.25, -0.2) is 4.98 Å². The molecule has 27 heavy (non-hydrogen) atoms. The second-order valence-corrected chi connectivity index (χ2v) is 7.61. The lowest BCUT2D eigenvalue weighted by atomic mass is 9.90. The van der Waals surface area contributed by atoms with Crippen LogP contribution in [0.5, 0.6) is 0 Å². The third-order valence-corrected chi connectivity index (χ3v) is 5.86. The second kappa shape index (κ2) is 8.41. The predicted octanol–water partition coefficient (Wildman–Crippen LogP) is 3.55. The molecular weight excluding hydrogens is 334 g/mol. The van der Waals surface area contributed by atoms with Gasteiger partial charge in [0, 0.05) is 18.8 Å². The van der Waals surface area contributed by atoms with Crippen molar-refractivity contribution in [3.8, 4) is 6.07 Å². The van der Waals surface area contributed by atoms with Gasteiger partial charge >= 0.3 is 0 Å². The SMILES string of the molecule is N#Cc1ccc(CCNC(C2CCCC2)C2CNc3cccnc3N2)cc1. The van der Waals surface area contributed by atoms with Crippen LogP contribution in [0.4, 0.5) is 11.5 Å². The molecule has 2 unspecified atom stereocenters. The number of pyridine rings is 1. The Balaban J connectivity index is 1.40. The second-order valence-electron chi connectivity index (χ2n) is 7.61. The van der Waals surface area contributed by atoms with Crippen molar-refractivity contribution in [2.75, 3.05) is 23.7 Å². The zero-order chi connectivity index (χ0) is 18.5. The van der Waals surface area contributed by atoms with Crippen LogP contribution in [0.3, 0.4) is 0 Å². The molecule has 0 radical (unpaired) electrons. The van der Waals surface area contributed by atoms with Crippen molar-refractivity contribution < 1.29 is 0 Å². The standard InChI is InChI=1S/C22H27N5/c23-14-17-9-7-16(8-10-17)11-13-24-21(18-4-1-2-5-18)20-15-26-19-6-3-12-25-22(19)27-20/h3,6-10,12,18,20-21,24,26H,1-2,4-5,11,13,15H2,(H,25,27). The van der Waals surface area contributed by atoms with Gasteiger partial charge in [0.15, 0.2) is 0 Å². The summed E-state index contributed by atoms with van der Waals surface area (Å²) in [7, 11) is 0. The molecule has 5 heteroatoms. The summed E-state index contributed by atoms with van der Waals surface area (Å²) in [4.78, 5) is 4.49. The Hall–Kier alpha value is -2.58. The maximum absolute atomic E-state index is 8.93. The zero-order valence-electron chi connectivity index (χ0n) is 15.6. The number of rotatable bonds is 6. The minimum Gasteiger partial charge on any atom is -0.380 e. The Kier molecular flexibility index (Phi) is 5.55. The van der Waals surface area contributed by atoms with E-state index in [2.05, 4.69) is 45.2 Å². The molecule has 5 nitrogen and oxygen atoms in total. The summed E-state index contributed by atoms with van der Waals surface area (Å²) in [5.41, 5.74) is 3.09. The molecule has 3 N–H and O–H groups in total. The van der Waals surface area contributed by atoms with E-state index >= 15 is 0 Å². The topological polar surface area (TPSA) is 72.8 Å². The zero-order valence-corrected chi connectivity index (χ0v) is 15.6. The molecule has 1 fully saturated rings. The fourth-order valence-electron chi connectivity index (χ4n) is 4.41. The smallest absolute Gasteiger partial charge is 0.149 e. The average molecular weight is 361 g/mol. The van der Waals surface area contributed by atoms with Crippen LogP contribution in [-0.4, -0.2) is 30.2 Å². The normalized spacial score (nSPS) is 20.2. The van der Waals surface area contributed by atoms with Gasteiger partial charge in [0.1, 0.15) is 5.82 Å². The molecule has 1 aromatic carbocycles. The number of hydrogen-bond donors (Lipinski definition) is 3. The number of nitriles is 1. The van der Waals surface area contributed by atoms with Gasteiger partial charge in [-0.3, -0.25) is 0 Å². The van der Waals surface area contributed by atoms with Gasteiger partial charge in [0.05, 0.1) is 23.4 Å². The lowest BCUT2D eigenvalue weighted by molar-refractivity contribution is 0.326. The Bertz CT molecular complexity index is 789. The maximum Gasteiger partial charge on any atom is 0.149 e. The molecule has 1 saturated carbocycles. The van der Waals surface area contributed by atoms with Gasteiger partial charge in [0.2, 0.25) is 0 Å². The van der Waals surface area contributed by atoms with E-state index in [1.54, 1.807) is 0 Å². The van der Waals surface area contributed by atoms with E-state index < -0.39 is 0 Å². The predicted molar refractivity (Wildman–Crippen MR) is 109 cm³/mol. The Labute approximate surface area is 161 Å². The fraction of sp³-hybridized carbons (Fsp3) is 0.455. The van der Waals surface area contributed by atoms with Crippen LogP contribution in [0.2, 0.25) is 0 Å². The first-order chi connectivity index (χ1) is 13.3. The summed E-state index contributed by atoms with van der Waals surface area (Å²) in [6, 6.07) is 14.9. The van der Waals surface area contributed by atoms with E-state index in [9.17, 15) is 0 Å². The van der Waals surface area contributed by atoms with Gasteiger partial charge in [-0.15, -0.1) is 0 Å². The summed E-state index contributed by atoms with van der Waals surface area (Å²) in [5, 5.41) is 20.0. The number of nitrogens with zero attached hydrogens (tertiary/aromatic N) is 2. The Morgan fingerprint density at radius 1 is 1.19 bits per heavy atom. The number of nitrogens with one attached hydrogen (secondary N) is 3. The van der Waals surface area contributed by atoms with Crippen molar-refractivity contribution in [3.05, 3.63) is 53.7 Å². The highest BCUT2D eigenvalue weighted by Gasteiger charge is 2.33. The van der Waals surface area contributed by atoms with Crippen molar-refractivity contribution >= 4 is 11.5 Å². The van der Waals surface area contributed by atoms with Gasteiger partial charge in [-0.2, -0.15) is 5.26 Å². The molecule has 1 aromatic heterocycles. The molecule has 0 bridgehead atoms. The van der Waals surface area contributed by atoms with Crippen molar-refractivity contribution in [2.24, 2.45) is 5.92 Å². The van der Waals surface area contributed by atoms with Crippen LogP contribution in [0.1, 0.15) is 36.8 Å². The van der Waals surface area contributed by atoms with Gasteiger partial charge in [0.25, 0.3) is 0 Å². The molecular formula is C22H27N5. The van der Waals surface area contributed by atoms with Crippen LogP contribution in [0.15, 0.2) is 42.6 Å². The molecule has 2 atom stereocenters. The molecule has 2 aliphatic rings. The van der Waals surface area contributed by atoms with E-state index in [4.69, 9.17) is 5.26 Å². The van der Waals surface area contributed by atoms with Crippen LogP contribution >= 0.6 is 0 Å². The van der Waals surface area contributed by atoms with Crippen LogP contribution in [-0.2, 0) is 6.42 Å². The number of fused-ring (bicyclic) bond motifs is 1. The molecule has 0 amide bonds. The van der Waals surface area contributed by atoms with Crippen molar-refractivity contribution in [3.63, 3.8) is 0 Å². The highest BCUT2D eigenvalue weighted by atomic mass is 15.2. The Morgan fingerprint density at radius 2 is 2.00 bits per heavy atom. The van der Waals surface area contributed by atoms with E-state index in [-0.39, 0.29) is 0 Å². The van der Waals surface area contributed by atoms with Gasteiger partial charge in [-0.1, -0.05) is 25.0 Å². The van der Waals surface area contributed by atoms with Crippen molar-refractivity contribution in [1.82, 2.24) is 10.3 Å². The summed E-state index contributed by atoms with van der Waals surface area (Å²) < 4.78 is 0. The highest BCUT2D eigenvalue weighted by molar-refractivity contribution is 5.66. The third kappa shape index (κ3) is 4.23. The number of anilines is 2. The fourth-order valence-corrected chi connectivity index (χ4v) is 4.41. The molecule has 4 rings (SSSR count). The average Bonchev–Trinajstić information content (AvgIpc) is 3.26. The van der Waals surface area contributed by atoms with Gasteiger partial charge < -0.3 is 16.0 Å². The van der Waals surface area contributed by atoms with Crippen molar-refractivity contribution in [1.29, 1.82) is 5.26 Å². The molecule has 2 aromatic rings. The molecule has 2 heterocycles. The number of benzene rings is 1. The van der Waals surface area contributed by atoms with Crippen molar-refractivity contribution in [2.45, 2.75) is 44.2 Å². The minimum atomic E-state index is 0.344. The highest BCUT2D eigenvalue weighted by Crippen LogP contribution is 2.32.